The SMILES string of the molecule is CCCC(CCN)CCC(=O)N[C@H](C)C1CCCC1. The van der Waals surface area contributed by atoms with Crippen LogP contribution < -0.4 is 11.1 Å². The first-order chi connectivity index (χ1) is 9.17. The van der Waals surface area contributed by atoms with Crippen LogP contribution in [0.25, 0.3) is 0 Å². The van der Waals surface area contributed by atoms with Crippen LogP contribution in [0, 0.1) is 11.8 Å². The average Bonchev–Trinajstić information content (AvgIpc) is 2.90. The first kappa shape index (κ1) is 16.5. The highest BCUT2D eigenvalue weighted by Gasteiger charge is 2.22. The fourth-order valence-corrected chi connectivity index (χ4v) is 3.31. The third kappa shape index (κ3) is 6.42. The van der Waals surface area contributed by atoms with Gasteiger partial charge < -0.3 is 11.1 Å². The van der Waals surface area contributed by atoms with Gasteiger partial charge >= 0.3 is 0 Å². The van der Waals surface area contributed by atoms with Crippen molar-refractivity contribution >= 4 is 5.91 Å². The Labute approximate surface area is 118 Å². The summed E-state index contributed by atoms with van der Waals surface area (Å²) in [5, 5.41) is 3.19. The van der Waals surface area contributed by atoms with Crippen molar-refractivity contribution in [2.75, 3.05) is 6.54 Å². The van der Waals surface area contributed by atoms with Crippen molar-refractivity contribution in [1.82, 2.24) is 5.32 Å². The van der Waals surface area contributed by atoms with Gasteiger partial charge in [-0.15, -0.1) is 0 Å². The molecule has 1 amide bonds. The van der Waals surface area contributed by atoms with Crippen LogP contribution in [0.4, 0.5) is 0 Å². The summed E-state index contributed by atoms with van der Waals surface area (Å²) in [5.41, 5.74) is 5.63. The van der Waals surface area contributed by atoms with E-state index in [2.05, 4.69) is 19.2 Å². The normalized spacial score (nSPS) is 19.3. The Morgan fingerprint density at radius 1 is 1.26 bits per heavy atom. The van der Waals surface area contributed by atoms with Gasteiger partial charge in [-0.05, 0) is 51.0 Å². The van der Waals surface area contributed by atoms with E-state index in [1.54, 1.807) is 0 Å². The van der Waals surface area contributed by atoms with Crippen molar-refractivity contribution in [3.63, 3.8) is 0 Å². The zero-order valence-electron chi connectivity index (χ0n) is 12.8. The molecule has 0 saturated heterocycles. The molecule has 0 radical (unpaired) electrons. The molecule has 0 aromatic heterocycles. The number of rotatable bonds is 9. The molecule has 0 spiro atoms. The highest BCUT2D eigenvalue weighted by atomic mass is 16.1. The Morgan fingerprint density at radius 3 is 2.53 bits per heavy atom. The number of hydrogen-bond donors (Lipinski definition) is 2. The highest BCUT2D eigenvalue weighted by molar-refractivity contribution is 5.76. The molecule has 0 aromatic rings. The summed E-state index contributed by atoms with van der Waals surface area (Å²) in [6.45, 7) is 5.10. The first-order valence-electron chi connectivity index (χ1n) is 8.16. The minimum absolute atomic E-state index is 0.234. The maximum Gasteiger partial charge on any atom is 0.220 e. The van der Waals surface area contributed by atoms with E-state index < -0.39 is 0 Å². The van der Waals surface area contributed by atoms with Gasteiger partial charge in [-0.2, -0.15) is 0 Å². The summed E-state index contributed by atoms with van der Waals surface area (Å²) >= 11 is 0. The summed E-state index contributed by atoms with van der Waals surface area (Å²) in [4.78, 5) is 12.0. The summed E-state index contributed by atoms with van der Waals surface area (Å²) in [7, 11) is 0. The van der Waals surface area contributed by atoms with Crippen LogP contribution in [0.3, 0.4) is 0 Å². The minimum Gasteiger partial charge on any atom is -0.353 e. The van der Waals surface area contributed by atoms with Crippen LogP contribution in [0.1, 0.15) is 71.6 Å². The number of carbonyl (C=O) groups is 1. The molecule has 0 aliphatic heterocycles. The number of hydrogen-bond acceptors (Lipinski definition) is 2. The standard InChI is InChI=1S/C16H32N2O/c1-3-6-14(11-12-17)9-10-16(19)18-13(2)15-7-4-5-8-15/h13-15H,3-12,17H2,1-2H3,(H,18,19)/t13-,14?/m1/s1. The van der Waals surface area contributed by atoms with Gasteiger partial charge in [0, 0.05) is 12.5 Å². The van der Waals surface area contributed by atoms with Crippen LogP contribution in [0.5, 0.6) is 0 Å². The number of carbonyl (C=O) groups excluding carboxylic acids is 1. The molecule has 1 aliphatic rings. The molecule has 3 N–H and O–H groups in total. The molecule has 1 fully saturated rings. The minimum atomic E-state index is 0.234. The summed E-state index contributed by atoms with van der Waals surface area (Å²) in [6, 6.07) is 0.356. The van der Waals surface area contributed by atoms with E-state index >= 15 is 0 Å². The van der Waals surface area contributed by atoms with Crippen LogP contribution in [-0.4, -0.2) is 18.5 Å². The average molecular weight is 268 g/mol. The van der Waals surface area contributed by atoms with Crippen molar-refractivity contribution < 1.29 is 4.79 Å². The second-order valence-electron chi connectivity index (χ2n) is 6.17. The molecule has 1 unspecified atom stereocenters. The summed E-state index contributed by atoms with van der Waals surface area (Å²) in [6.07, 6.45) is 10.3. The van der Waals surface area contributed by atoms with Gasteiger partial charge in [0.1, 0.15) is 0 Å². The van der Waals surface area contributed by atoms with Crippen LogP contribution in [0.2, 0.25) is 0 Å². The molecule has 0 aromatic carbocycles. The van der Waals surface area contributed by atoms with E-state index in [0.29, 0.717) is 24.3 Å². The largest absolute Gasteiger partial charge is 0.353 e. The van der Waals surface area contributed by atoms with Gasteiger partial charge in [-0.3, -0.25) is 4.79 Å². The van der Waals surface area contributed by atoms with Gasteiger partial charge in [0.05, 0.1) is 0 Å². The molecule has 0 heterocycles. The Morgan fingerprint density at radius 2 is 1.95 bits per heavy atom. The number of nitrogens with two attached hydrogens (primary N) is 1. The van der Waals surface area contributed by atoms with Crippen LogP contribution >= 0.6 is 0 Å². The third-order valence-corrected chi connectivity index (χ3v) is 4.55. The molecule has 1 rings (SSSR count). The Balaban J connectivity index is 2.21. The predicted octanol–water partition coefficient (Wildman–Crippen LogP) is 3.23. The third-order valence-electron chi connectivity index (χ3n) is 4.55. The van der Waals surface area contributed by atoms with E-state index in [1.807, 2.05) is 0 Å². The summed E-state index contributed by atoms with van der Waals surface area (Å²) < 4.78 is 0. The second kappa shape index (κ2) is 9.35. The van der Waals surface area contributed by atoms with Crippen molar-refractivity contribution in [2.45, 2.75) is 77.7 Å². The Hall–Kier alpha value is -0.570. The molecule has 19 heavy (non-hydrogen) atoms. The van der Waals surface area contributed by atoms with Gasteiger partial charge in [0.25, 0.3) is 0 Å². The molecular weight excluding hydrogens is 236 g/mol. The topological polar surface area (TPSA) is 55.1 Å². The predicted molar refractivity (Wildman–Crippen MR) is 80.9 cm³/mol. The smallest absolute Gasteiger partial charge is 0.220 e. The molecule has 3 nitrogen and oxygen atoms in total. The second-order valence-corrected chi connectivity index (χ2v) is 6.17. The zero-order valence-corrected chi connectivity index (χ0v) is 12.8. The van der Waals surface area contributed by atoms with E-state index in [4.69, 9.17) is 5.73 Å². The molecule has 0 bridgehead atoms. The van der Waals surface area contributed by atoms with Gasteiger partial charge in [-0.1, -0.05) is 32.6 Å². The maximum absolute atomic E-state index is 12.0. The van der Waals surface area contributed by atoms with E-state index in [9.17, 15) is 4.79 Å². The molecular formula is C16H32N2O. The number of nitrogens with one attached hydrogen (secondary N) is 1. The lowest BCUT2D eigenvalue weighted by Gasteiger charge is -2.21. The maximum atomic E-state index is 12.0. The van der Waals surface area contributed by atoms with E-state index in [1.165, 1.54) is 38.5 Å². The zero-order chi connectivity index (χ0) is 14.1. The lowest BCUT2D eigenvalue weighted by Crippen LogP contribution is -2.37. The van der Waals surface area contributed by atoms with Gasteiger partial charge in [-0.25, -0.2) is 0 Å². The van der Waals surface area contributed by atoms with Crippen molar-refractivity contribution in [3.8, 4) is 0 Å². The fourth-order valence-electron chi connectivity index (χ4n) is 3.31. The highest BCUT2D eigenvalue weighted by Crippen LogP contribution is 2.27. The molecule has 1 aliphatic carbocycles. The lowest BCUT2D eigenvalue weighted by atomic mass is 9.94. The van der Waals surface area contributed by atoms with Gasteiger partial charge in [0.15, 0.2) is 0 Å². The molecule has 2 atom stereocenters. The molecule has 1 saturated carbocycles. The number of amides is 1. The summed E-state index contributed by atoms with van der Waals surface area (Å²) in [5.74, 6) is 1.57. The van der Waals surface area contributed by atoms with Gasteiger partial charge in [0.2, 0.25) is 5.91 Å². The Bertz CT molecular complexity index is 243. The first-order valence-corrected chi connectivity index (χ1v) is 8.16. The van der Waals surface area contributed by atoms with Crippen LogP contribution in [-0.2, 0) is 4.79 Å². The molecule has 112 valence electrons. The monoisotopic (exact) mass is 268 g/mol. The Kier molecular flexibility index (Phi) is 8.11. The van der Waals surface area contributed by atoms with Crippen molar-refractivity contribution in [2.24, 2.45) is 17.6 Å². The van der Waals surface area contributed by atoms with E-state index in [0.717, 1.165) is 19.4 Å². The fraction of sp³-hybridized carbons (Fsp3) is 0.938. The van der Waals surface area contributed by atoms with Crippen LogP contribution in [0.15, 0.2) is 0 Å². The lowest BCUT2D eigenvalue weighted by molar-refractivity contribution is -0.122. The molecule has 3 heteroatoms. The van der Waals surface area contributed by atoms with Crippen molar-refractivity contribution in [1.29, 1.82) is 0 Å². The van der Waals surface area contributed by atoms with Crippen molar-refractivity contribution in [3.05, 3.63) is 0 Å². The quantitative estimate of drug-likeness (QED) is 0.674. The van der Waals surface area contributed by atoms with E-state index in [-0.39, 0.29) is 5.91 Å².